The Bertz CT molecular complexity index is 620. The normalized spacial score (nSPS) is 17.2. The van der Waals surface area contributed by atoms with Crippen LogP contribution in [0.15, 0.2) is 35.3 Å². The van der Waals surface area contributed by atoms with Gasteiger partial charge in [-0.3, -0.25) is 0 Å². The van der Waals surface area contributed by atoms with Gasteiger partial charge in [0.2, 0.25) is 5.13 Å². The first kappa shape index (κ1) is 16.0. The quantitative estimate of drug-likeness (QED) is 0.486. The third-order valence-electron chi connectivity index (χ3n) is 3.66. The zero-order valence-corrected chi connectivity index (χ0v) is 14.2. The largest absolute Gasteiger partial charge is 0.370 e. The third kappa shape index (κ3) is 3.83. The Morgan fingerprint density at radius 3 is 2.71 bits per heavy atom. The van der Waals surface area contributed by atoms with Crippen molar-refractivity contribution in [1.29, 1.82) is 0 Å². The summed E-state index contributed by atoms with van der Waals surface area (Å²) in [5.74, 6) is 0.625. The monoisotopic (exact) mass is 366 g/mol. The predicted molar refractivity (Wildman–Crippen MR) is 93.7 cm³/mol. The number of hydrogen-bond acceptors (Lipinski definition) is 3. The summed E-state index contributed by atoms with van der Waals surface area (Å²) in [5.41, 5.74) is 13.4. The van der Waals surface area contributed by atoms with E-state index in [9.17, 15) is 0 Å². The molecular formula is C15H19BrN4S. The van der Waals surface area contributed by atoms with Crippen molar-refractivity contribution in [2.75, 3.05) is 0 Å². The Hall–Kier alpha value is -1.40. The highest BCUT2D eigenvalue weighted by Gasteiger charge is 2.21. The molecular weight excluding hydrogens is 348 g/mol. The molecule has 1 aromatic carbocycles. The minimum absolute atomic E-state index is 0. The lowest BCUT2D eigenvalue weighted by Crippen LogP contribution is -2.21. The minimum Gasteiger partial charge on any atom is -0.370 e. The Morgan fingerprint density at radius 2 is 2.00 bits per heavy atom. The van der Waals surface area contributed by atoms with Crippen LogP contribution < -0.4 is 11.5 Å². The summed E-state index contributed by atoms with van der Waals surface area (Å²) in [4.78, 5) is 10.0. The molecule has 4 N–H and O–H groups in total. The number of halogens is 1. The van der Waals surface area contributed by atoms with E-state index in [4.69, 9.17) is 11.5 Å². The summed E-state index contributed by atoms with van der Waals surface area (Å²) < 4.78 is 0. The van der Waals surface area contributed by atoms with Crippen molar-refractivity contribution in [2.45, 2.75) is 31.6 Å². The number of fused-ring (bicyclic) bond motifs is 1. The highest BCUT2D eigenvalue weighted by Crippen LogP contribution is 2.36. The molecule has 0 saturated carbocycles. The first-order chi connectivity index (χ1) is 9.72. The second kappa shape index (κ2) is 7.04. The number of nitrogens with zero attached hydrogens (tertiary/aromatic N) is 2. The van der Waals surface area contributed by atoms with Crippen LogP contribution in [0.3, 0.4) is 0 Å². The van der Waals surface area contributed by atoms with E-state index >= 15 is 0 Å². The molecule has 1 aliphatic carbocycles. The first-order valence-electron chi connectivity index (χ1n) is 6.85. The summed E-state index contributed by atoms with van der Waals surface area (Å²) in [6.07, 6.45) is 4.47. The molecule has 2 aromatic rings. The standard InChI is InChI=1S/C15H18N4S.BrH/c16-14(17)19-15-18-12-9-11(7-4-8-13(12)20-15)10-5-2-1-3-6-10;/h1-3,5-6,11H,4,7-9H2,(H4,16,17,18,19);1H/t11-;/m0./s1. The summed E-state index contributed by atoms with van der Waals surface area (Å²) in [5, 5.41) is 0.684. The number of guanidine groups is 1. The number of rotatable bonds is 2. The average molecular weight is 367 g/mol. The van der Waals surface area contributed by atoms with Crippen LogP contribution in [0, 0.1) is 0 Å². The molecule has 0 aliphatic heterocycles. The van der Waals surface area contributed by atoms with Crippen molar-refractivity contribution < 1.29 is 0 Å². The Morgan fingerprint density at radius 1 is 1.24 bits per heavy atom. The van der Waals surface area contributed by atoms with Gasteiger partial charge in [0.15, 0.2) is 5.96 Å². The number of aryl methyl sites for hydroxylation is 1. The van der Waals surface area contributed by atoms with E-state index in [1.807, 2.05) is 0 Å². The van der Waals surface area contributed by atoms with Gasteiger partial charge in [-0.2, -0.15) is 4.99 Å². The zero-order valence-electron chi connectivity index (χ0n) is 11.7. The van der Waals surface area contributed by atoms with E-state index in [0.29, 0.717) is 11.0 Å². The fourth-order valence-corrected chi connectivity index (χ4v) is 3.76. The molecule has 0 saturated heterocycles. The summed E-state index contributed by atoms with van der Waals surface area (Å²) in [6.45, 7) is 0. The van der Waals surface area contributed by atoms with Crippen molar-refractivity contribution in [1.82, 2.24) is 4.98 Å². The van der Waals surface area contributed by atoms with Gasteiger partial charge >= 0.3 is 0 Å². The number of hydrogen-bond donors (Lipinski definition) is 2. The summed E-state index contributed by atoms with van der Waals surface area (Å²) in [6, 6.07) is 10.7. The summed E-state index contributed by atoms with van der Waals surface area (Å²) >= 11 is 1.62. The first-order valence-corrected chi connectivity index (χ1v) is 7.67. The van der Waals surface area contributed by atoms with Crippen LogP contribution in [0.25, 0.3) is 0 Å². The highest BCUT2D eigenvalue weighted by molar-refractivity contribution is 8.93. The molecule has 1 heterocycles. The second-order valence-electron chi connectivity index (χ2n) is 5.11. The molecule has 1 aromatic heterocycles. The molecule has 0 spiro atoms. The van der Waals surface area contributed by atoms with Gasteiger partial charge in [-0.1, -0.05) is 41.7 Å². The van der Waals surface area contributed by atoms with E-state index in [-0.39, 0.29) is 22.9 Å². The summed E-state index contributed by atoms with van der Waals surface area (Å²) in [7, 11) is 0. The van der Waals surface area contributed by atoms with Gasteiger partial charge in [0, 0.05) is 4.88 Å². The number of aromatic nitrogens is 1. The molecule has 3 rings (SSSR count). The van der Waals surface area contributed by atoms with E-state index in [2.05, 4.69) is 40.3 Å². The molecule has 0 unspecified atom stereocenters. The van der Waals surface area contributed by atoms with Crippen molar-refractivity contribution in [3.05, 3.63) is 46.5 Å². The Balaban J connectivity index is 0.00000161. The lowest BCUT2D eigenvalue weighted by Gasteiger charge is -2.13. The van der Waals surface area contributed by atoms with Crippen LogP contribution in [0.4, 0.5) is 5.13 Å². The SMILES string of the molecule is Br.NC(N)=Nc1nc2c(s1)CCC[C@H](c1ccccc1)C2. The van der Waals surface area contributed by atoms with Gasteiger partial charge in [0.1, 0.15) is 0 Å². The van der Waals surface area contributed by atoms with Gasteiger partial charge in [-0.25, -0.2) is 4.98 Å². The Kier molecular flexibility index (Phi) is 5.36. The van der Waals surface area contributed by atoms with E-state index in [0.717, 1.165) is 12.8 Å². The maximum Gasteiger partial charge on any atom is 0.212 e. The van der Waals surface area contributed by atoms with Gasteiger partial charge in [0.05, 0.1) is 5.69 Å². The highest BCUT2D eigenvalue weighted by atomic mass is 79.9. The van der Waals surface area contributed by atoms with Crippen molar-refractivity contribution in [3.63, 3.8) is 0 Å². The van der Waals surface area contributed by atoms with Crippen molar-refractivity contribution >= 4 is 39.4 Å². The molecule has 21 heavy (non-hydrogen) atoms. The van der Waals surface area contributed by atoms with Gasteiger partial charge in [0.25, 0.3) is 0 Å². The van der Waals surface area contributed by atoms with Gasteiger partial charge in [-0.15, -0.1) is 17.0 Å². The van der Waals surface area contributed by atoms with E-state index < -0.39 is 0 Å². The minimum atomic E-state index is 0. The molecule has 0 fully saturated rings. The van der Waals surface area contributed by atoms with Crippen LogP contribution in [0.2, 0.25) is 0 Å². The third-order valence-corrected chi connectivity index (χ3v) is 4.71. The fourth-order valence-electron chi connectivity index (χ4n) is 2.74. The topological polar surface area (TPSA) is 77.3 Å². The average Bonchev–Trinajstić information content (AvgIpc) is 2.68. The lowest BCUT2D eigenvalue weighted by molar-refractivity contribution is 0.608. The van der Waals surface area contributed by atoms with E-state index in [1.54, 1.807) is 11.3 Å². The molecule has 4 nitrogen and oxygen atoms in total. The van der Waals surface area contributed by atoms with Crippen LogP contribution >= 0.6 is 28.3 Å². The second-order valence-corrected chi connectivity index (χ2v) is 6.17. The maximum atomic E-state index is 5.43. The van der Waals surface area contributed by atoms with Crippen molar-refractivity contribution in [3.8, 4) is 0 Å². The molecule has 0 bridgehead atoms. The molecule has 1 aliphatic rings. The van der Waals surface area contributed by atoms with Gasteiger partial charge in [-0.05, 0) is 37.2 Å². The zero-order chi connectivity index (χ0) is 13.9. The van der Waals surface area contributed by atoms with Crippen LogP contribution in [-0.4, -0.2) is 10.9 Å². The number of benzene rings is 1. The van der Waals surface area contributed by atoms with Crippen LogP contribution in [-0.2, 0) is 12.8 Å². The van der Waals surface area contributed by atoms with Crippen LogP contribution in [0.1, 0.15) is 34.9 Å². The lowest BCUT2D eigenvalue weighted by atomic mass is 9.92. The molecule has 1 atom stereocenters. The predicted octanol–water partition coefficient (Wildman–Crippen LogP) is 3.29. The van der Waals surface area contributed by atoms with Gasteiger partial charge < -0.3 is 11.5 Å². The molecule has 0 amide bonds. The number of nitrogens with two attached hydrogens (primary N) is 2. The Labute approximate surface area is 139 Å². The number of aliphatic imine (C=N–C) groups is 1. The molecule has 0 radical (unpaired) electrons. The van der Waals surface area contributed by atoms with E-state index in [1.165, 1.54) is 29.0 Å². The fraction of sp³-hybridized carbons (Fsp3) is 0.333. The maximum absolute atomic E-state index is 5.43. The van der Waals surface area contributed by atoms with Crippen molar-refractivity contribution in [2.24, 2.45) is 16.5 Å². The smallest absolute Gasteiger partial charge is 0.212 e. The molecule has 6 heteroatoms. The van der Waals surface area contributed by atoms with Crippen LogP contribution in [0.5, 0.6) is 0 Å². The molecule has 112 valence electrons. The number of thiazole rings is 1.